The van der Waals surface area contributed by atoms with Gasteiger partial charge in [-0.2, -0.15) is 0 Å². The predicted molar refractivity (Wildman–Crippen MR) is 70.3 cm³/mol. The molecule has 1 unspecified atom stereocenters. The molecule has 0 saturated heterocycles. The molecule has 2 rings (SSSR count). The fraction of sp³-hybridized carbons (Fsp3) is 0.286. The summed E-state index contributed by atoms with van der Waals surface area (Å²) in [5.74, 6) is 0.877. The van der Waals surface area contributed by atoms with E-state index >= 15 is 0 Å². The molecule has 0 aliphatic rings. The topological polar surface area (TPSA) is 47.0 Å². The van der Waals surface area contributed by atoms with Crippen molar-refractivity contribution in [1.29, 1.82) is 0 Å². The Kier molecular flexibility index (Phi) is 4.25. The van der Waals surface area contributed by atoms with Gasteiger partial charge in [-0.3, -0.25) is 0 Å². The van der Waals surface area contributed by atoms with Gasteiger partial charge >= 0.3 is 0 Å². The molecular weight excluding hydrogens is 226 g/mol. The molecule has 0 spiro atoms. The van der Waals surface area contributed by atoms with Crippen LogP contribution in [0.25, 0.3) is 0 Å². The zero-order valence-corrected chi connectivity index (χ0v) is 10.6. The first-order valence-corrected chi connectivity index (χ1v) is 5.92. The molecule has 1 heterocycles. The van der Waals surface area contributed by atoms with Crippen molar-refractivity contribution in [3.05, 3.63) is 54.1 Å². The molecule has 4 heteroatoms. The molecule has 0 aliphatic carbocycles. The summed E-state index contributed by atoms with van der Waals surface area (Å²) in [6.45, 7) is 2.86. The van der Waals surface area contributed by atoms with Crippen molar-refractivity contribution in [1.82, 2.24) is 15.3 Å². The molecule has 18 heavy (non-hydrogen) atoms. The molecule has 0 fully saturated rings. The van der Waals surface area contributed by atoms with E-state index in [0.717, 1.165) is 18.0 Å². The van der Waals surface area contributed by atoms with Gasteiger partial charge in [-0.1, -0.05) is 12.1 Å². The Hall–Kier alpha value is -1.94. The third-order valence-corrected chi connectivity index (χ3v) is 2.85. The summed E-state index contributed by atoms with van der Waals surface area (Å²) in [4.78, 5) is 8.08. The quantitative estimate of drug-likeness (QED) is 0.875. The van der Waals surface area contributed by atoms with E-state index in [4.69, 9.17) is 4.74 Å². The van der Waals surface area contributed by atoms with Crippen molar-refractivity contribution in [3.8, 4) is 5.75 Å². The van der Waals surface area contributed by atoms with Crippen LogP contribution >= 0.6 is 0 Å². The van der Waals surface area contributed by atoms with Gasteiger partial charge in [0.2, 0.25) is 0 Å². The SMILES string of the molecule is COc1ccc(C(C)NCc2ccncn2)cc1. The highest BCUT2D eigenvalue weighted by Crippen LogP contribution is 2.17. The van der Waals surface area contributed by atoms with Crippen LogP contribution in [0.2, 0.25) is 0 Å². The van der Waals surface area contributed by atoms with E-state index in [2.05, 4.69) is 34.3 Å². The number of hydrogen-bond acceptors (Lipinski definition) is 4. The number of nitrogens with zero attached hydrogens (tertiary/aromatic N) is 2. The second-order valence-electron chi connectivity index (χ2n) is 4.08. The second-order valence-corrected chi connectivity index (χ2v) is 4.08. The lowest BCUT2D eigenvalue weighted by atomic mass is 10.1. The van der Waals surface area contributed by atoms with E-state index in [-0.39, 0.29) is 6.04 Å². The Labute approximate surface area is 107 Å². The highest BCUT2D eigenvalue weighted by Gasteiger charge is 2.05. The lowest BCUT2D eigenvalue weighted by Gasteiger charge is -2.14. The Bertz CT molecular complexity index is 470. The van der Waals surface area contributed by atoms with Gasteiger partial charge < -0.3 is 10.1 Å². The van der Waals surface area contributed by atoms with Crippen LogP contribution in [0, 0.1) is 0 Å². The molecule has 0 saturated carbocycles. The van der Waals surface area contributed by atoms with Gasteiger partial charge in [0.1, 0.15) is 12.1 Å². The first kappa shape index (κ1) is 12.5. The highest BCUT2D eigenvalue weighted by molar-refractivity contribution is 5.28. The van der Waals surface area contributed by atoms with Gasteiger partial charge in [0, 0.05) is 18.8 Å². The minimum atomic E-state index is 0.269. The summed E-state index contributed by atoms with van der Waals surface area (Å²) in [5.41, 5.74) is 2.22. The summed E-state index contributed by atoms with van der Waals surface area (Å²) >= 11 is 0. The molecule has 0 aliphatic heterocycles. The average molecular weight is 243 g/mol. The van der Waals surface area contributed by atoms with E-state index in [1.54, 1.807) is 19.6 Å². The largest absolute Gasteiger partial charge is 0.497 e. The lowest BCUT2D eigenvalue weighted by Crippen LogP contribution is -2.18. The minimum absolute atomic E-state index is 0.269. The van der Waals surface area contributed by atoms with Crippen LogP contribution in [0.5, 0.6) is 5.75 Å². The number of rotatable bonds is 5. The molecule has 2 aromatic rings. The summed E-state index contributed by atoms with van der Waals surface area (Å²) in [6, 6.07) is 10.3. The first-order chi connectivity index (χ1) is 8.79. The van der Waals surface area contributed by atoms with Crippen LogP contribution in [0.4, 0.5) is 0 Å². The maximum absolute atomic E-state index is 5.14. The summed E-state index contributed by atoms with van der Waals surface area (Å²) in [6.07, 6.45) is 3.32. The molecule has 0 bridgehead atoms. The third-order valence-electron chi connectivity index (χ3n) is 2.85. The maximum Gasteiger partial charge on any atom is 0.118 e. The van der Waals surface area contributed by atoms with Crippen LogP contribution in [-0.4, -0.2) is 17.1 Å². The zero-order chi connectivity index (χ0) is 12.8. The first-order valence-electron chi connectivity index (χ1n) is 5.92. The number of aromatic nitrogens is 2. The van der Waals surface area contributed by atoms with E-state index in [9.17, 15) is 0 Å². The van der Waals surface area contributed by atoms with Gasteiger partial charge in [-0.25, -0.2) is 9.97 Å². The van der Waals surface area contributed by atoms with Crippen molar-refractivity contribution < 1.29 is 4.74 Å². The Morgan fingerprint density at radius 3 is 2.61 bits per heavy atom. The van der Waals surface area contributed by atoms with Crippen LogP contribution < -0.4 is 10.1 Å². The number of methoxy groups -OCH3 is 1. The average Bonchev–Trinajstić information content (AvgIpc) is 2.46. The Morgan fingerprint density at radius 1 is 1.22 bits per heavy atom. The van der Waals surface area contributed by atoms with Gasteiger partial charge in [0.15, 0.2) is 0 Å². The van der Waals surface area contributed by atoms with Crippen molar-refractivity contribution in [3.63, 3.8) is 0 Å². The van der Waals surface area contributed by atoms with Crippen molar-refractivity contribution in [2.45, 2.75) is 19.5 Å². The van der Waals surface area contributed by atoms with Gasteiger partial charge in [0.05, 0.1) is 12.8 Å². The molecule has 1 aromatic carbocycles. The molecule has 1 aromatic heterocycles. The molecule has 0 amide bonds. The zero-order valence-electron chi connectivity index (χ0n) is 10.6. The second kappa shape index (κ2) is 6.12. The maximum atomic E-state index is 5.14. The molecule has 1 atom stereocenters. The van der Waals surface area contributed by atoms with Crippen molar-refractivity contribution in [2.75, 3.05) is 7.11 Å². The van der Waals surface area contributed by atoms with Gasteiger partial charge in [-0.15, -0.1) is 0 Å². The number of benzene rings is 1. The van der Waals surface area contributed by atoms with Crippen LogP contribution in [0.15, 0.2) is 42.9 Å². The predicted octanol–water partition coefficient (Wildman–Crippen LogP) is 2.34. The monoisotopic (exact) mass is 243 g/mol. The smallest absolute Gasteiger partial charge is 0.118 e. The summed E-state index contributed by atoms with van der Waals surface area (Å²) in [5, 5.41) is 3.42. The molecule has 1 N–H and O–H groups in total. The lowest BCUT2D eigenvalue weighted by molar-refractivity contribution is 0.414. The molecular formula is C14H17N3O. The summed E-state index contributed by atoms with van der Waals surface area (Å²) < 4.78 is 5.14. The molecule has 4 nitrogen and oxygen atoms in total. The normalized spacial score (nSPS) is 12.1. The van der Waals surface area contributed by atoms with E-state index in [1.807, 2.05) is 18.2 Å². The van der Waals surface area contributed by atoms with E-state index in [0.29, 0.717) is 0 Å². The van der Waals surface area contributed by atoms with E-state index < -0.39 is 0 Å². The Balaban J connectivity index is 1.93. The van der Waals surface area contributed by atoms with Crippen LogP contribution in [0.1, 0.15) is 24.2 Å². The van der Waals surface area contributed by atoms with E-state index in [1.165, 1.54) is 5.56 Å². The standard InChI is InChI=1S/C14H17N3O/c1-11(12-3-5-14(18-2)6-4-12)16-9-13-7-8-15-10-17-13/h3-8,10-11,16H,9H2,1-2H3. The fourth-order valence-corrected chi connectivity index (χ4v) is 1.69. The minimum Gasteiger partial charge on any atom is -0.497 e. The van der Waals surface area contributed by atoms with Crippen LogP contribution in [0.3, 0.4) is 0 Å². The Morgan fingerprint density at radius 2 is 2.00 bits per heavy atom. The molecule has 0 radical (unpaired) electrons. The number of nitrogens with one attached hydrogen (secondary N) is 1. The van der Waals surface area contributed by atoms with Gasteiger partial charge in [-0.05, 0) is 30.7 Å². The fourth-order valence-electron chi connectivity index (χ4n) is 1.69. The third kappa shape index (κ3) is 3.28. The highest BCUT2D eigenvalue weighted by atomic mass is 16.5. The van der Waals surface area contributed by atoms with Crippen molar-refractivity contribution >= 4 is 0 Å². The number of ether oxygens (including phenoxy) is 1. The summed E-state index contributed by atoms with van der Waals surface area (Å²) in [7, 11) is 1.67. The molecule has 94 valence electrons. The number of hydrogen-bond donors (Lipinski definition) is 1. The van der Waals surface area contributed by atoms with Gasteiger partial charge in [0.25, 0.3) is 0 Å². The van der Waals surface area contributed by atoms with Crippen LogP contribution in [-0.2, 0) is 6.54 Å². The van der Waals surface area contributed by atoms with Crippen molar-refractivity contribution in [2.24, 2.45) is 0 Å².